The van der Waals surface area contributed by atoms with E-state index in [1.807, 2.05) is 0 Å². The van der Waals surface area contributed by atoms with Crippen LogP contribution in [0.3, 0.4) is 0 Å². The van der Waals surface area contributed by atoms with Gasteiger partial charge in [0.15, 0.2) is 0 Å². The summed E-state index contributed by atoms with van der Waals surface area (Å²) in [5, 5.41) is 11.3. The zero-order valence-corrected chi connectivity index (χ0v) is 4.99. The van der Waals surface area contributed by atoms with Gasteiger partial charge in [0, 0.05) is 12.8 Å². The number of nitrogens with zero attached hydrogens (tertiary/aromatic N) is 2. The zero-order chi connectivity index (χ0) is 6.43. The van der Waals surface area contributed by atoms with E-state index in [2.05, 4.69) is 0 Å². The molecule has 1 saturated heterocycles. The molecular weight excluding hydrogens is 120 g/mol. The monoisotopic (exact) mass is 128 g/mol. The van der Waals surface area contributed by atoms with E-state index in [0.29, 0.717) is 10.0 Å². The third-order valence-corrected chi connectivity index (χ3v) is 2.20. The molecule has 0 aromatic heterocycles. The lowest BCUT2D eigenvalue weighted by molar-refractivity contribution is -0.710. The van der Waals surface area contributed by atoms with E-state index in [9.17, 15) is 10.1 Å². The van der Waals surface area contributed by atoms with Crippen LogP contribution in [-0.2, 0) is 0 Å². The number of hydrogen-bond donors (Lipinski definition) is 0. The number of rotatable bonds is 0. The maximum Gasteiger partial charge on any atom is 0.236 e. The van der Waals surface area contributed by atoms with Gasteiger partial charge < -0.3 is 5.21 Å². The Labute approximate surface area is 52.6 Å². The van der Waals surface area contributed by atoms with Gasteiger partial charge in [-0.05, 0) is 6.42 Å². The molecule has 2 unspecified atom stereocenters. The lowest BCUT2D eigenvalue weighted by Crippen LogP contribution is -2.34. The highest BCUT2D eigenvalue weighted by atomic mass is 16.6. The smallest absolute Gasteiger partial charge is 0.236 e. The maximum absolute atomic E-state index is 10.7. The third kappa shape index (κ3) is 0.510. The summed E-state index contributed by atoms with van der Waals surface area (Å²) in [5.41, 5.74) is 0. The Morgan fingerprint density at radius 1 is 1.56 bits per heavy atom. The quantitative estimate of drug-likeness (QED) is 0.444. The van der Waals surface area contributed by atoms with Gasteiger partial charge in [0.05, 0.1) is 10.9 Å². The maximum atomic E-state index is 10.7. The molecule has 2 bridgehead atoms. The lowest BCUT2D eigenvalue weighted by atomic mass is 10.3. The highest BCUT2D eigenvalue weighted by molar-refractivity contribution is 4.84. The van der Waals surface area contributed by atoms with Crippen molar-refractivity contribution in [3.63, 3.8) is 0 Å². The second kappa shape index (κ2) is 1.44. The molecule has 2 fully saturated rings. The van der Waals surface area contributed by atoms with Gasteiger partial charge in [-0.3, -0.25) is 0 Å². The first-order chi connectivity index (χ1) is 4.29. The molecule has 4 heteroatoms. The Bertz CT molecular complexity index is 155. The summed E-state index contributed by atoms with van der Waals surface area (Å²) in [6.07, 6.45) is 2.60. The van der Waals surface area contributed by atoms with Gasteiger partial charge in [0.2, 0.25) is 6.04 Å². The number of hydrogen-bond acceptors (Lipinski definition) is 2. The van der Waals surface area contributed by atoms with E-state index in [-0.39, 0.29) is 12.1 Å². The first-order valence-electron chi connectivity index (χ1n) is 3.21. The number of nitroso groups, excluding NO2 is 1. The molecule has 0 N–H and O–H groups in total. The average Bonchev–Trinajstić information content (AvgIpc) is 2.37. The van der Waals surface area contributed by atoms with Gasteiger partial charge in [-0.2, -0.15) is 5.17 Å². The SMILES string of the molecule is O=[N+]1C2CCC(C2)N1[O-]. The van der Waals surface area contributed by atoms with E-state index in [1.165, 1.54) is 0 Å². The molecule has 1 saturated carbocycles. The van der Waals surface area contributed by atoms with E-state index in [0.717, 1.165) is 19.3 Å². The predicted molar refractivity (Wildman–Crippen MR) is 30.3 cm³/mol. The Hall–Kier alpha value is -0.640. The molecular formula is C5H8N2O2. The van der Waals surface area contributed by atoms with E-state index in [4.69, 9.17) is 0 Å². The summed E-state index contributed by atoms with van der Waals surface area (Å²) < 4.78 is 0. The second-order valence-electron chi connectivity index (χ2n) is 2.73. The van der Waals surface area contributed by atoms with Crippen LogP contribution in [0.15, 0.2) is 0 Å². The fraction of sp³-hybridized carbons (Fsp3) is 1.00. The van der Waals surface area contributed by atoms with Crippen LogP contribution in [0, 0.1) is 10.1 Å². The van der Waals surface area contributed by atoms with Gasteiger partial charge in [-0.25, -0.2) is 0 Å². The van der Waals surface area contributed by atoms with Crippen molar-refractivity contribution in [2.45, 2.75) is 31.3 Å². The van der Waals surface area contributed by atoms with Crippen LogP contribution in [0.2, 0.25) is 0 Å². The molecule has 0 radical (unpaired) electrons. The standard InChI is InChI=1S/C5H8N2O2/c8-6-4-1-2-5(3-4)7(6)9/h4-5H,1-3H2. The van der Waals surface area contributed by atoms with Crippen molar-refractivity contribution in [1.29, 1.82) is 0 Å². The minimum atomic E-state index is 0.00694. The Kier molecular flexibility index (Phi) is 0.829. The van der Waals surface area contributed by atoms with Crippen LogP contribution in [0.5, 0.6) is 0 Å². The molecule has 2 atom stereocenters. The van der Waals surface area contributed by atoms with Crippen LogP contribution in [0.25, 0.3) is 0 Å². The van der Waals surface area contributed by atoms with Gasteiger partial charge in [-0.15, -0.1) is 0 Å². The van der Waals surface area contributed by atoms with Gasteiger partial charge in [0.1, 0.15) is 4.87 Å². The number of fused-ring (bicyclic) bond motifs is 2. The Morgan fingerprint density at radius 3 is 2.67 bits per heavy atom. The minimum Gasteiger partial charge on any atom is -0.704 e. The zero-order valence-electron chi connectivity index (χ0n) is 4.99. The van der Waals surface area contributed by atoms with E-state index in [1.54, 1.807) is 0 Å². The van der Waals surface area contributed by atoms with Gasteiger partial charge >= 0.3 is 0 Å². The summed E-state index contributed by atoms with van der Waals surface area (Å²) in [6.45, 7) is 0. The van der Waals surface area contributed by atoms with Gasteiger partial charge in [0.25, 0.3) is 0 Å². The Balaban J connectivity index is 2.25. The molecule has 0 aromatic carbocycles. The summed E-state index contributed by atoms with van der Waals surface area (Å²) >= 11 is 0. The first-order valence-corrected chi connectivity index (χ1v) is 3.21. The van der Waals surface area contributed by atoms with Gasteiger partial charge in [-0.1, -0.05) is 0 Å². The molecule has 1 aliphatic carbocycles. The van der Waals surface area contributed by atoms with Crippen LogP contribution in [0.4, 0.5) is 0 Å². The predicted octanol–water partition coefficient (Wildman–Crippen LogP) is 0.415. The van der Waals surface area contributed by atoms with Crippen molar-refractivity contribution in [3.05, 3.63) is 10.1 Å². The number of hydroxylamine groups is 1. The average molecular weight is 128 g/mol. The molecule has 50 valence electrons. The minimum absolute atomic E-state index is 0.00694. The third-order valence-electron chi connectivity index (χ3n) is 2.20. The highest BCUT2D eigenvalue weighted by Crippen LogP contribution is 2.33. The van der Waals surface area contributed by atoms with Crippen molar-refractivity contribution >= 4 is 0 Å². The topological polar surface area (TPSA) is 46.4 Å². The molecule has 2 rings (SSSR count). The van der Waals surface area contributed by atoms with Crippen LogP contribution in [0.1, 0.15) is 19.3 Å². The largest absolute Gasteiger partial charge is 0.704 e. The van der Waals surface area contributed by atoms with Crippen LogP contribution >= 0.6 is 0 Å². The molecule has 0 spiro atoms. The molecule has 9 heavy (non-hydrogen) atoms. The highest BCUT2D eigenvalue weighted by Gasteiger charge is 2.48. The van der Waals surface area contributed by atoms with Crippen molar-refractivity contribution in [2.75, 3.05) is 0 Å². The normalized spacial score (nSPS) is 40.6. The Morgan fingerprint density at radius 2 is 2.33 bits per heavy atom. The molecule has 0 aromatic rings. The molecule has 2 aliphatic rings. The van der Waals surface area contributed by atoms with Crippen LogP contribution in [-0.4, -0.2) is 22.1 Å². The summed E-state index contributed by atoms with van der Waals surface area (Å²) in [7, 11) is 0. The number of hydrazine groups is 1. The fourth-order valence-corrected chi connectivity index (χ4v) is 1.66. The fourth-order valence-electron chi connectivity index (χ4n) is 1.66. The lowest BCUT2D eigenvalue weighted by Gasteiger charge is -2.22. The summed E-state index contributed by atoms with van der Waals surface area (Å²) in [4.78, 5) is 11.3. The van der Waals surface area contributed by atoms with E-state index < -0.39 is 0 Å². The summed E-state index contributed by atoms with van der Waals surface area (Å²) in [5.74, 6) is 0. The molecule has 0 amide bonds. The first kappa shape index (κ1) is 5.17. The van der Waals surface area contributed by atoms with Crippen molar-refractivity contribution < 1.29 is 4.87 Å². The van der Waals surface area contributed by atoms with Crippen LogP contribution < -0.4 is 0 Å². The second-order valence-corrected chi connectivity index (χ2v) is 2.73. The van der Waals surface area contributed by atoms with E-state index >= 15 is 0 Å². The molecule has 1 heterocycles. The summed E-state index contributed by atoms with van der Waals surface area (Å²) in [6, 6.07) is 0.0139. The van der Waals surface area contributed by atoms with Crippen molar-refractivity contribution in [2.24, 2.45) is 0 Å². The molecule has 1 aliphatic heterocycles. The van der Waals surface area contributed by atoms with Crippen molar-refractivity contribution in [1.82, 2.24) is 5.17 Å². The van der Waals surface area contributed by atoms with Crippen molar-refractivity contribution in [3.8, 4) is 0 Å². The molecule has 4 nitrogen and oxygen atoms in total.